The van der Waals surface area contributed by atoms with Crippen LogP contribution in [0.1, 0.15) is 0 Å². The van der Waals surface area contributed by atoms with Gasteiger partial charge in [0.25, 0.3) is 0 Å². The van der Waals surface area contributed by atoms with Gasteiger partial charge < -0.3 is 4.90 Å². The van der Waals surface area contributed by atoms with Crippen molar-refractivity contribution < 1.29 is 0 Å². The van der Waals surface area contributed by atoms with Crippen molar-refractivity contribution in [3.63, 3.8) is 0 Å². The second kappa shape index (κ2) is 16.3. The molecule has 12 aromatic carbocycles. The molecule has 0 saturated carbocycles. The van der Waals surface area contributed by atoms with Crippen molar-refractivity contribution in [1.29, 1.82) is 0 Å². The first-order chi connectivity index (χ1) is 32.2. The van der Waals surface area contributed by atoms with Crippen molar-refractivity contribution in [2.75, 3.05) is 4.90 Å². The Balaban J connectivity index is 0.987. The fourth-order valence-electron chi connectivity index (χ4n) is 9.70. The van der Waals surface area contributed by atoms with Gasteiger partial charge in [-0.15, -0.1) is 0 Å². The maximum atomic E-state index is 2.43. The van der Waals surface area contributed by atoms with E-state index in [1.165, 1.54) is 93.2 Å². The highest BCUT2D eigenvalue weighted by molar-refractivity contribution is 6.08. The maximum absolute atomic E-state index is 2.43. The highest BCUT2D eigenvalue weighted by Gasteiger charge is 2.20. The largest absolute Gasteiger partial charge is 0.310 e. The molecule has 0 N–H and O–H groups in total. The van der Waals surface area contributed by atoms with Crippen LogP contribution in [0.25, 0.3) is 98.7 Å². The summed E-state index contributed by atoms with van der Waals surface area (Å²) in [6.45, 7) is 0. The van der Waals surface area contributed by atoms with E-state index in [1.807, 2.05) is 0 Å². The molecule has 0 radical (unpaired) electrons. The quantitative estimate of drug-likeness (QED) is 0.138. The molecule has 12 rings (SSSR count). The minimum Gasteiger partial charge on any atom is -0.310 e. The van der Waals surface area contributed by atoms with Gasteiger partial charge in [-0.3, -0.25) is 0 Å². The number of nitrogens with zero attached hydrogens (tertiary/aromatic N) is 1. The number of anilines is 3. The van der Waals surface area contributed by atoms with E-state index < -0.39 is 0 Å². The summed E-state index contributed by atoms with van der Waals surface area (Å²) in [6, 6.07) is 95.4. The lowest BCUT2D eigenvalue weighted by Crippen LogP contribution is -2.11. The summed E-state index contributed by atoms with van der Waals surface area (Å²) in [5.41, 5.74) is 15.1. The summed E-state index contributed by atoms with van der Waals surface area (Å²) in [7, 11) is 0. The predicted octanol–water partition coefficient (Wildman–Crippen LogP) is 18.1. The molecule has 0 atom stereocenters. The van der Waals surface area contributed by atoms with E-state index in [0.29, 0.717) is 0 Å². The molecule has 1 heteroatoms. The highest BCUT2D eigenvalue weighted by Crippen LogP contribution is 2.45. The monoisotopic (exact) mass is 825 g/mol. The normalized spacial score (nSPS) is 11.4. The van der Waals surface area contributed by atoms with E-state index in [0.717, 1.165) is 22.6 Å². The number of fused-ring (bicyclic) bond motifs is 5. The van der Waals surface area contributed by atoms with Crippen LogP contribution in [0.5, 0.6) is 0 Å². The molecule has 0 aromatic heterocycles. The number of rotatable bonds is 8. The molecule has 0 saturated heterocycles. The van der Waals surface area contributed by atoms with Gasteiger partial charge in [0.2, 0.25) is 0 Å². The average Bonchev–Trinajstić information content (AvgIpc) is 3.39. The van der Waals surface area contributed by atoms with Crippen molar-refractivity contribution >= 4 is 60.2 Å². The SMILES string of the molecule is c1ccc(-c2ccc(-c3cccc4ccccc34)cc2N(c2ccc(-c3cccc(-c4ccc5ccccc5c4)c3)cc2)c2ccc(-c3ccc4c(ccc5ccccc54)c3)cc2)cc1. The molecule has 0 unspecified atom stereocenters. The van der Waals surface area contributed by atoms with E-state index in [1.54, 1.807) is 0 Å². The lowest BCUT2D eigenvalue weighted by molar-refractivity contribution is 1.28. The Morgan fingerprint density at radius 3 is 1.42 bits per heavy atom. The van der Waals surface area contributed by atoms with Crippen LogP contribution in [0.3, 0.4) is 0 Å². The van der Waals surface area contributed by atoms with Gasteiger partial charge >= 0.3 is 0 Å². The van der Waals surface area contributed by atoms with Crippen LogP contribution in [-0.4, -0.2) is 0 Å². The smallest absolute Gasteiger partial charge is 0.0546 e. The van der Waals surface area contributed by atoms with Crippen molar-refractivity contribution in [2.24, 2.45) is 0 Å². The molecule has 0 aliphatic heterocycles. The summed E-state index contributed by atoms with van der Waals surface area (Å²) in [5.74, 6) is 0. The number of benzene rings is 12. The van der Waals surface area contributed by atoms with Crippen LogP contribution in [0.2, 0.25) is 0 Å². The summed E-state index contributed by atoms with van der Waals surface area (Å²) in [5, 5.41) is 10.0. The molecule has 304 valence electrons. The molecule has 0 amide bonds. The minimum absolute atomic E-state index is 1.08. The highest BCUT2D eigenvalue weighted by atomic mass is 15.1. The average molecular weight is 826 g/mol. The minimum atomic E-state index is 1.08. The van der Waals surface area contributed by atoms with Crippen LogP contribution < -0.4 is 4.90 Å². The van der Waals surface area contributed by atoms with Crippen molar-refractivity contribution in [2.45, 2.75) is 0 Å². The third kappa shape index (κ3) is 7.20. The van der Waals surface area contributed by atoms with E-state index in [2.05, 4.69) is 266 Å². The molecule has 0 fully saturated rings. The van der Waals surface area contributed by atoms with E-state index in [-0.39, 0.29) is 0 Å². The number of hydrogen-bond donors (Lipinski definition) is 0. The van der Waals surface area contributed by atoms with Crippen molar-refractivity contribution in [1.82, 2.24) is 0 Å². The second-order valence-corrected chi connectivity index (χ2v) is 16.9. The maximum Gasteiger partial charge on any atom is 0.0546 e. The first kappa shape index (κ1) is 38.2. The second-order valence-electron chi connectivity index (χ2n) is 16.9. The standard InChI is InChI=1S/C64H43N/c1-2-13-48(14-3-1)63-39-33-56(61-23-11-18-47-15-6-8-21-59(47)61)43-64(63)65(58-36-30-46(31-37-58)53-32-38-62-55(42-53)27-25-49-16-7-9-22-60(49)62)57-34-28-45(29-35-57)51-19-10-20-52(40-51)54-26-24-44-12-4-5-17-50(44)41-54/h1-43H. The first-order valence-corrected chi connectivity index (χ1v) is 22.4. The molecule has 12 aromatic rings. The van der Waals surface area contributed by atoms with Gasteiger partial charge in [-0.2, -0.15) is 0 Å². The van der Waals surface area contributed by atoms with Gasteiger partial charge in [0.05, 0.1) is 5.69 Å². The fraction of sp³-hybridized carbons (Fsp3) is 0. The van der Waals surface area contributed by atoms with E-state index in [9.17, 15) is 0 Å². The Morgan fingerprint density at radius 2 is 0.662 bits per heavy atom. The van der Waals surface area contributed by atoms with Crippen LogP contribution in [0.4, 0.5) is 17.1 Å². The zero-order valence-electron chi connectivity index (χ0n) is 35.8. The Hall–Kier alpha value is -8.52. The molecule has 0 heterocycles. The third-order valence-electron chi connectivity index (χ3n) is 13.0. The fourth-order valence-corrected chi connectivity index (χ4v) is 9.70. The lowest BCUT2D eigenvalue weighted by Gasteiger charge is -2.29. The Kier molecular flexibility index (Phi) is 9.58. The number of hydrogen-bond acceptors (Lipinski definition) is 1. The molecule has 0 aliphatic carbocycles. The van der Waals surface area contributed by atoms with Gasteiger partial charge in [0.1, 0.15) is 0 Å². The molecular formula is C64H43N. The Morgan fingerprint density at radius 1 is 0.200 bits per heavy atom. The van der Waals surface area contributed by atoms with Crippen molar-refractivity contribution in [3.05, 3.63) is 261 Å². The van der Waals surface area contributed by atoms with Crippen LogP contribution >= 0.6 is 0 Å². The Bertz CT molecular complexity index is 3690. The Labute approximate surface area is 379 Å². The van der Waals surface area contributed by atoms with Crippen LogP contribution in [0.15, 0.2) is 261 Å². The molecule has 0 spiro atoms. The molecule has 0 aliphatic rings. The van der Waals surface area contributed by atoms with E-state index in [4.69, 9.17) is 0 Å². The van der Waals surface area contributed by atoms with Crippen LogP contribution in [0, 0.1) is 0 Å². The van der Waals surface area contributed by atoms with Gasteiger partial charge in [-0.05, 0) is 142 Å². The van der Waals surface area contributed by atoms with Gasteiger partial charge in [0.15, 0.2) is 0 Å². The van der Waals surface area contributed by atoms with Crippen molar-refractivity contribution in [3.8, 4) is 55.6 Å². The first-order valence-electron chi connectivity index (χ1n) is 22.4. The zero-order valence-corrected chi connectivity index (χ0v) is 35.8. The molecule has 1 nitrogen and oxygen atoms in total. The molecule has 65 heavy (non-hydrogen) atoms. The molecule has 0 bridgehead atoms. The lowest BCUT2D eigenvalue weighted by atomic mass is 9.93. The van der Waals surface area contributed by atoms with Gasteiger partial charge in [0, 0.05) is 16.9 Å². The predicted molar refractivity (Wildman–Crippen MR) is 278 cm³/mol. The summed E-state index contributed by atoms with van der Waals surface area (Å²) in [6.07, 6.45) is 0. The summed E-state index contributed by atoms with van der Waals surface area (Å²) >= 11 is 0. The molecular weight excluding hydrogens is 783 g/mol. The van der Waals surface area contributed by atoms with E-state index >= 15 is 0 Å². The third-order valence-corrected chi connectivity index (χ3v) is 13.0. The summed E-state index contributed by atoms with van der Waals surface area (Å²) < 4.78 is 0. The summed E-state index contributed by atoms with van der Waals surface area (Å²) in [4.78, 5) is 2.43. The van der Waals surface area contributed by atoms with Gasteiger partial charge in [-0.1, -0.05) is 212 Å². The van der Waals surface area contributed by atoms with Gasteiger partial charge in [-0.25, -0.2) is 0 Å². The zero-order chi connectivity index (χ0) is 43.1. The topological polar surface area (TPSA) is 3.24 Å². The van der Waals surface area contributed by atoms with Crippen LogP contribution in [-0.2, 0) is 0 Å².